The zero-order valence-electron chi connectivity index (χ0n) is 18.0. The van der Waals surface area contributed by atoms with Crippen molar-refractivity contribution in [2.24, 2.45) is 0 Å². The third kappa shape index (κ3) is 6.61. The summed E-state index contributed by atoms with van der Waals surface area (Å²) < 4.78 is 12.2. The topological polar surface area (TPSA) is 85.6 Å². The number of amides is 1. The SMILES string of the molecule is O=C(Nc1ccc([C@H]2O[C@@H](Cn3cnc(Cl)c3Cl)C[C@@H](c3ccc(CO)cc3)O2)cc1)C(Cl)(Cl)Cl. The van der Waals surface area contributed by atoms with E-state index in [0.717, 1.165) is 16.7 Å². The number of aliphatic hydroxyl groups is 1. The lowest BCUT2D eigenvalue weighted by Crippen LogP contribution is -2.32. The number of ether oxygens (including phenoxy) is 2. The van der Waals surface area contributed by atoms with Gasteiger partial charge in [-0.25, -0.2) is 4.98 Å². The van der Waals surface area contributed by atoms with Gasteiger partial charge in [-0.3, -0.25) is 4.79 Å². The van der Waals surface area contributed by atoms with E-state index in [1.807, 2.05) is 24.3 Å². The standard InChI is InChI=1S/C23H20Cl5N3O4/c24-19-20(25)31(12-29-19)10-17-9-18(14-3-1-13(11-32)2-4-14)35-21(34-17)15-5-7-16(8-6-15)30-22(33)23(26,27)28/h1-8,12,17-18,21,32H,9-11H2,(H,30,33)/t17-,18+,21+/m1/s1. The van der Waals surface area contributed by atoms with Crippen molar-refractivity contribution in [3.05, 3.63) is 81.9 Å². The summed E-state index contributed by atoms with van der Waals surface area (Å²) in [5.41, 5.74) is 2.93. The Morgan fingerprint density at radius 3 is 2.29 bits per heavy atom. The van der Waals surface area contributed by atoms with Crippen molar-refractivity contribution in [2.75, 3.05) is 5.32 Å². The van der Waals surface area contributed by atoms with E-state index in [-0.39, 0.29) is 24.0 Å². The Bertz CT molecular complexity index is 1170. The molecule has 0 aliphatic carbocycles. The Balaban J connectivity index is 1.55. The quantitative estimate of drug-likeness (QED) is 0.338. The molecule has 3 atom stereocenters. The van der Waals surface area contributed by atoms with Gasteiger partial charge >= 0.3 is 0 Å². The maximum absolute atomic E-state index is 11.9. The molecule has 1 saturated heterocycles. The zero-order chi connectivity index (χ0) is 25.2. The first-order valence-electron chi connectivity index (χ1n) is 10.5. The fourth-order valence-electron chi connectivity index (χ4n) is 3.65. The van der Waals surface area contributed by atoms with Crippen LogP contribution < -0.4 is 5.32 Å². The lowest BCUT2D eigenvalue weighted by atomic mass is 10.00. The molecule has 1 fully saturated rings. The summed E-state index contributed by atoms with van der Waals surface area (Å²) >= 11 is 29.1. The normalized spacial score (nSPS) is 20.6. The number of alkyl halides is 3. The molecule has 7 nitrogen and oxygen atoms in total. The first-order chi connectivity index (χ1) is 16.6. The van der Waals surface area contributed by atoms with Crippen LogP contribution in [0.1, 0.15) is 35.5 Å². The van der Waals surface area contributed by atoms with Crippen LogP contribution in [0.4, 0.5) is 5.69 Å². The number of nitrogens with zero attached hydrogens (tertiary/aromatic N) is 2. The van der Waals surface area contributed by atoms with E-state index in [0.29, 0.717) is 23.8 Å². The van der Waals surface area contributed by atoms with Crippen molar-refractivity contribution in [1.82, 2.24) is 9.55 Å². The van der Waals surface area contributed by atoms with Crippen LogP contribution in [0.3, 0.4) is 0 Å². The maximum Gasteiger partial charge on any atom is 0.276 e. The van der Waals surface area contributed by atoms with Gasteiger partial charge in [-0.1, -0.05) is 94.4 Å². The van der Waals surface area contributed by atoms with Crippen LogP contribution in [-0.2, 0) is 27.4 Å². The van der Waals surface area contributed by atoms with Gasteiger partial charge in [0.05, 0.1) is 31.7 Å². The lowest BCUT2D eigenvalue weighted by Gasteiger charge is -2.36. The predicted molar refractivity (Wildman–Crippen MR) is 136 cm³/mol. The van der Waals surface area contributed by atoms with Gasteiger partial charge < -0.3 is 24.5 Å². The fraction of sp³-hybridized carbons (Fsp3) is 0.304. The van der Waals surface area contributed by atoms with Crippen LogP contribution >= 0.6 is 58.0 Å². The number of imidazole rings is 1. The minimum absolute atomic E-state index is 0.0405. The molecule has 1 aliphatic heterocycles. The molecule has 2 aromatic carbocycles. The highest BCUT2D eigenvalue weighted by Gasteiger charge is 2.33. The molecule has 0 spiro atoms. The maximum atomic E-state index is 11.9. The highest BCUT2D eigenvalue weighted by Crippen LogP contribution is 2.39. The van der Waals surface area contributed by atoms with Gasteiger partial charge in [-0.2, -0.15) is 0 Å². The number of aromatic nitrogens is 2. The van der Waals surface area contributed by atoms with Crippen LogP contribution in [0, 0.1) is 0 Å². The Hall–Kier alpha value is -1.55. The first-order valence-corrected chi connectivity index (χ1v) is 12.4. The molecule has 0 saturated carbocycles. The Labute approximate surface area is 226 Å². The summed E-state index contributed by atoms with van der Waals surface area (Å²) in [4.78, 5) is 15.9. The number of carbonyl (C=O) groups excluding carboxylic acids is 1. The molecule has 0 radical (unpaired) electrons. The number of halogens is 5. The Morgan fingerprint density at radius 1 is 1.06 bits per heavy atom. The van der Waals surface area contributed by atoms with Crippen LogP contribution in [0.15, 0.2) is 54.9 Å². The fourth-order valence-corrected chi connectivity index (χ4v) is 4.10. The molecule has 186 valence electrons. The second kappa shape index (κ2) is 11.2. The van der Waals surface area contributed by atoms with Gasteiger partial charge in [0.1, 0.15) is 5.15 Å². The van der Waals surface area contributed by atoms with Gasteiger partial charge in [-0.15, -0.1) is 0 Å². The summed E-state index contributed by atoms with van der Waals surface area (Å²) in [5.74, 6) is -0.761. The third-order valence-electron chi connectivity index (χ3n) is 5.45. The smallest absolute Gasteiger partial charge is 0.276 e. The molecular weight excluding hydrogens is 560 g/mol. The second-order valence-corrected chi connectivity index (χ2v) is 10.9. The molecule has 0 bridgehead atoms. The van der Waals surface area contributed by atoms with Crippen LogP contribution in [0.5, 0.6) is 0 Å². The van der Waals surface area contributed by atoms with Gasteiger partial charge in [-0.05, 0) is 23.3 Å². The Morgan fingerprint density at radius 2 is 1.71 bits per heavy atom. The van der Waals surface area contributed by atoms with Crippen molar-refractivity contribution in [3.63, 3.8) is 0 Å². The monoisotopic (exact) mass is 577 g/mol. The molecule has 1 amide bonds. The summed E-state index contributed by atoms with van der Waals surface area (Å²) in [5, 5.41) is 12.4. The van der Waals surface area contributed by atoms with Gasteiger partial charge in [0, 0.05) is 17.7 Å². The van der Waals surface area contributed by atoms with E-state index in [4.69, 9.17) is 67.5 Å². The molecule has 2 N–H and O–H groups in total. The van der Waals surface area contributed by atoms with E-state index in [1.54, 1.807) is 35.2 Å². The third-order valence-corrected chi connectivity index (χ3v) is 6.73. The summed E-state index contributed by atoms with van der Waals surface area (Å²) in [6.45, 7) is 0.377. The van der Waals surface area contributed by atoms with Crippen molar-refractivity contribution < 1.29 is 19.4 Å². The van der Waals surface area contributed by atoms with Crippen molar-refractivity contribution in [3.8, 4) is 0 Å². The van der Waals surface area contributed by atoms with Gasteiger partial charge in [0.25, 0.3) is 9.70 Å². The molecule has 3 aromatic rings. The molecular formula is C23H20Cl5N3O4. The predicted octanol–water partition coefficient (Wildman–Crippen LogP) is 6.24. The second-order valence-electron chi connectivity index (χ2n) is 7.90. The molecule has 0 unspecified atom stereocenters. The van der Waals surface area contributed by atoms with Crippen LogP contribution in [0.25, 0.3) is 0 Å². The number of carbonyl (C=O) groups is 1. The molecule has 35 heavy (non-hydrogen) atoms. The Kier molecular flexibility index (Phi) is 8.51. The summed E-state index contributed by atoms with van der Waals surface area (Å²) in [7, 11) is 0. The first kappa shape index (κ1) is 26.5. The van der Waals surface area contributed by atoms with E-state index in [2.05, 4.69) is 10.3 Å². The van der Waals surface area contributed by atoms with E-state index < -0.39 is 16.0 Å². The summed E-state index contributed by atoms with van der Waals surface area (Å²) in [6.07, 6.45) is 0.854. The molecule has 4 rings (SSSR count). The number of hydrogen-bond acceptors (Lipinski definition) is 5. The van der Waals surface area contributed by atoms with E-state index in [9.17, 15) is 9.90 Å². The minimum Gasteiger partial charge on any atom is -0.392 e. The van der Waals surface area contributed by atoms with Crippen molar-refractivity contribution in [1.29, 1.82) is 0 Å². The minimum atomic E-state index is -2.07. The highest BCUT2D eigenvalue weighted by molar-refractivity contribution is 6.76. The number of anilines is 1. The lowest BCUT2D eigenvalue weighted by molar-refractivity contribution is -0.252. The molecule has 1 aliphatic rings. The van der Waals surface area contributed by atoms with E-state index in [1.165, 1.54) is 0 Å². The van der Waals surface area contributed by atoms with Crippen molar-refractivity contribution in [2.45, 2.75) is 41.9 Å². The summed E-state index contributed by atoms with van der Waals surface area (Å²) in [6, 6.07) is 14.4. The van der Waals surface area contributed by atoms with Crippen molar-refractivity contribution >= 4 is 69.6 Å². The molecule has 1 aromatic heterocycles. The van der Waals surface area contributed by atoms with E-state index >= 15 is 0 Å². The van der Waals surface area contributed by atoms with Gasteiger partial charge in [0.15, 0.2) is 11.4 Å². The van der Waals surface area contributed by atoms with Crippen LogP contribution in [-0.4, -0.2) is 30.5 Å². The number of rotatable bonds is 6. The van der Waals surface area contributed by atoms with Gasteiger partial charge in [0.2, 0.25) is 0 Å². The zero-order valence-corrected chi connectivity index (χ0v) is 21.8. The average molecular weight is 580 g/mol. The molecule has 2 heterocycles. The largest absolute Gasteiger partial charge is 0.392 e. The number of benzene rings is 2. The number of hydrogen-bond donors (Lipinski definition) is 2. The average Bonchev–Trinajstić information content (AvgIpc) is 3.16. The molecule has 12 heteroatoms. The number of aliphatic hydroxyl groups excluding tert-OH is 1. The van der Waals surface area contributed by atoms with Crippen LogP contribution in [0.2, 0.25) is 10.3 Å². The number of nitrogens with one attached hydrogen (secondary N) is 1. The highest BCUT2D eigenvalue weighted by atomic mass is 35.6.